The van der Waals surface area contributed by atoms with Gasteiger partial charge in [-0.1, -0.05) is 0 Å². The Kier molecular flexibility index (Phi) is 4.37. The summed E-state index contributed by atoms with van der Waals surface area (Å²) in [5.41, 5.74) is 0.177. The zero-order valence-corrected chi connectivity index (χ0v) is 9.79. The maximum absolute atomic E-state index is 12.9. The second kappa shape index (κ2) is 5.56. The van der Waals surface area contributed by atoms with Gasteiger partial charge in [-0.25, -0.2) is 8.78 Å². The molecule has 0 atom stereocenters. The Labute approximate surface area is 97.6 Å². The van der Waals surface area contributed by atoms with Crippen LogP contribution >= 0.6 is 0 Å². The van der Waals surface area contributed by atoms with Gasteiger partial charge in [-0.05, 0) is 12.5 Å². The number of ether oxygens (including phenoxy) is 2. The monoisotopic (exact) mass is 245 g/mol. The van der Waals surface area contributed by atoms with Crippen molar-refractivity contribution in [3.63, 3.8) is 0 Å². The number of carbonyl (C=O) groups excluding carboxylic acids is 1. The lowest BCUT2D eigenvalue weighted by Gasteiger charge is -2.14. The van der Waals surface area contributed by atoms with Crippen LogP contribution in [-0.2, 0) is 16.0 Å². The summed E-state index contributed by atoms with van der Waals surface area (Å²) in [4.78, 5) is 15.0. The Hall–Kier alpha value is -1.72. The zero-order valence-electron chi connectivity index (χ0n) is 9.79. The normalized spacial score (nSPS) is 10.5. The predicted molar refractivity (Wildman–Crippen MR) is 56.2 cm³/mol. The van der Waals surface area contributed by atoms with E-state index in [1.165, 1.54) is 20.4 Å². The topological polar surface area (TPSA) is 48.4 Å². The maximum Gasteiger partial charge on any atom is 0.310 e. The van der Waals surface area contributed by atoms with Crippen molar-refractivity contribution in [2.45, 2.75) is 19.8 Å². The molecular weight excluding hydrogens is 232 g/mol. The minimum Gasteiger partial charge on any atom is -0.494 e. The van der Waals surface area contributed by atoms with Gasteiger partial charge < -0.3 is 9.47 Å². The van der Waals surface area contributed by atoms with E-state index in [1.807, 2.05) is 0 Å². The van der Waals surface area contributed by atoms with E-state index in [4.69, 9.17) is 4.74 Å². The third-order valence-corrected chi connectivity index (χ3v) is 2.32. The molecule has 1 aromatic heterocycles. The van der Waals surface area contributed by atoms with Crippen LogP contribution in [-0.4, -0.2) is 25.2 Å². The van der Waals surface area contributed by atoms with Gasteiger partial charge in [-0.3, -0.25) is 9.78 Å². The predicted octanol–water partition coefficient (Wildman–Crippen LogP) is 2.05. The molecule has 0 aromatic carbocycles. The maximum atomic E-state index is 12.9. The third kappa shape index (κ3) is 2.89. The molecule has 0 fully saturated rings. The molecule has 0 saturated carbocycles. The average Bonchev–Trinajstić information content (AvgIpc) is 2.30. The first kappa shape index (κ1) is 13.3. The fraction of sp³-hybridized carbons (Fsp3) is 0.455. The van der Waals surface area contributed by atoms with Crippen molar-refractivity contribution in [3.05, 3.63) is 23.0 Å². The molecule has 0 radical (unpaired) electrons. The first-order chi connectivity index (χ1) is 8.01. The molecule has 94 valence electrons. The summed E-state index contributed by atoms with van der Waals surface area (Å²) in [7, 11) is 2.49. The Balaban J connectivity index is 3.25. The highest BCUT2D eigenvalue weighted by Crippen LogP contribution is 2.33. The van der Waals surface area contributed by atoms with Crippen molar-refractivity contribution in [1.82, 2.24) is 4.98 Å². The van der Waals surface area contributed by atoms with Crippen molar-refractivity contribution >= 4 is 5.97 Å². The number of hydrogen-bond acceptors (Lipinski definition) is 4. The quantitative estimate of drug-likeness (QED) is 0.762. The van der Waals surface area contributed by atoms with Crippen LogP contribution in [0.5, 0.6) is 5.75 Å². The van der Waals surface area contributed by atoms with Gasteiger partial charge >= 0.3 is 5.97 Å². The smallest absolute Gasteiger partial charge is 0.310 e. The van der Waals surface area contributed by atoms with Crippen molar-refractivity contribution in [2.24, 2.45) is 0 Å². The molecule has 0 saturated heterocycles. The number of hydrogen-bond donors (Lipinski definition) is 0. The number of pyridine rings is 1. The molecule has 6 heteroatoms. The fourth-order valence-corrected chi connectivity index (χ4v) is 1.51. The number of methoxy groups -OCH3 is 2. The van der Waals surface area contributed by atoms with Crippen LogP contribution in [0.4, 0.5) is 8.78 Å². The molecule has 1 heterocycles. The number of aryl methyl sites for hydroxylation is 1. The summed E-state index contributed by atoms with van der Waals surface area (Å²) in [5.74, 6) is -0.582. The van der Waals surface area contributed by atoms with Crippen LogP contribution in [0.1, 0.15) is 23.2 Å². The first-order valence-electron chi connectivity index (χ1n) is 4.88. The molecular formula is C11H13F2NO3. The van der Waals surface area contributed by atoms with Gasteiger partial charge in [-0.15, -0.1) is 0 Å². The van der Waals surface area contributed by atoms with E-state index in [9.17, 15) is 13.6 Å². The van der Waals surface area contributed by atoms with E-state index in [2.05, 4.69) is 9.72 Å². The Morgan fingerprint density at radius 1 is 1.47 bits per heavy atom. The molecule has 0 bridgehead atoms. The molecule has 0 amide bonds. The molecule has 0 spiro atoms. The molecule has 0 aliphatic rings. The van der Waals surface area contributed by atoms with Crippen LogP contribution in [0.15, 0.2) is 6.20 Å². The molecule has 17 heavy (non-hydrogen) atoms. The Morgan fingerprint density at radius 2 is 2.12 bits per heavy atom. The van der Waals surface area contributed by atoms with Crippen LogP contribution in [0, 0.1) is 6.92 Å². The van der Waals surface area contributed by atoms with E-state index < -0.39 is 12.4 Å². The lowest BCUT2D eigenvalue weighted by molar-refractivity contribution is -0.139. The van der Waals surface area contributed by atoms with Crippen molar-refractivity contribution in [2.75, 3.05) is 14.2 Å². The number of esters is 1. The summed E-state index contributed by atoms with van der Waals surface area (Å²) < 4.78 is 35.2. The number of aromatic nitrogens is 1. The second-order valence-electron chi connectivity index (χ2n) is 3.37. The average molecular weight is 245 g/mol. The van der Waals surface area contributed by atoms with Crippen LogP contribution in [0.2, 0.25) is 0 Å². The largest absolute Gasteiger partial charge is 0.494 e. The van der Waals surface area contributed by atoms with Gasteiger partial charge in [0.05, 0.1) is 31.9 Å². The SMILES string of the molecule is COC(=O)Cc1cnc(C)c(OC)c1C(F)F. The van der Waals surface area contributed by atoms with Gasteiger partial charge in [0.2, 0.25) is 0 Å². The molecule has 1 rings (SSSR count). The number of rotatable bonds is 4. The van der Waals surface area contributed by atoms with Crippen LogP contribution in [0.3, 0.4) is 0 Å². The highest BCUT2D eigenvalue weighted by molar-refractivity contribution is 5.73. The number of carbonyl (C=O) groups is 1. The first-order valence-corrected chi connectivity index (χ1v) is 4.88. The van der Waals surface area contributed by atoms with Crippen molar-refractivity contribution < 1.29 is 23.0 Å². The summed E-state index contributed by atoms with van der Waals surface area (Å²) in [6.45, 7) is 1.56. The Bertz CT molecular complexity index is 421. The van der Waals surface area contributed by atoms with Gasteiger partial charge in [-0.2, -0.15) is 0 Å². The van der Waals surface area contributed by atoms with E-state index in [-0.39, 0.29) is 23.3 Å². The molecule has 1 aromatic rings. The van der Waals surface area contributed by atoms with Crippen molar-refractivity contribution in [1.29, 1.82) is 0 Å². The standard InChI is InChI=1S/C11H13F2NO3/c1-6-10(17-3)9(11(12)13)7(5-14-6)4-8(15)16-2/h5,11H,4H2,1-3H3. The minimum atomic E-state index is -2.73. The molecule has 4 nitrogen and oxygen atoms in total. The lowest BCUT2D eigenvalue weighted by atomic mass is 10.1. The van der Waals surface area contributed by atoms with Gasteiger partial charge in [0, 0.05) is 6.20 Å². The zero-order chi connectivity index (χ0) is 13.0. The van der Waals surface area contributed by atoms with Crippen molar-refractivity contribution in [3.8, 4) is 5.75 Å². The minimum absolute atomic E-state index is 0.0152. The van der Waals surface area contributed by atoms with Crippen LogP contribution < -0.4 is 4.74 Å². The van der Waals surface area contributed by atoms with Gasteiger partial charge in [0.25, 0.3) is 6.43 Å². The van der Waals surface area contributed by atoms with E-state index >= 15 is 0 Å². The number of halogens is 2. The van der Waals surface area contributed by atoms with E-state index in [1.54, 1.807) is 6.92 Å². The Morgan fingerprint density at radius 3 is 2.59 bits per heavy atom. The van der Waals surface area contributed by atoms with E-state index in [0.717, 1.165) is 0 Å². The number of nitrogens with zero attached hydrogens (tertiary/aromatic N) is 1. The molecule has 0 N–H and O–H groups in total. The number of alkyl halides is 2. The molecule has 0 aliphatic heterocycles. The van der Waals surface area contributed by atoms with Gasteiger partial charge in [0.15, 0.2) is 0 Å². The third-order valence-electron chi connectivity index (χ3n) is 2.32. The van der Waals surface area contributed by atoms with Crippen LogP contribution in [0.25, 0.3) is 0 Å². The van der Waals surface area contributed by atoms with Gasteiger partial charge in [0.1, 0.15) is 5.75 Å². The molecule has 0 unspecified atom stereocenters. The fourth-order valence-electron chi connectivity index (χ4n) is 1.51. The second-order valence-corrected chi connectivity index (χ2v) is 3.37. The summed E-state index contributed by atoms with van der Waals surface area (Å²) in [5, 5.41) is 0. The highest BCUT2D eigenvalue weighted by Gasteiger charge is 2.22. The highest BCUT2D eigenvalue weighted by atomic mass is 19.3. The summed E-state index contributed by atoms with van der Waals surface area (Å²) in [6.07, 6.45) is -1.73. The summed E-state index contributed by atoms with van der Waals surface area (Å²) >= 11 is 0. The van der Waals surface area contributed by atoms with E-state index in [0.29, 0.717) is 5.69 Å². The summed E-state index contributed by atoms with van der Waals surface area (Å²) in [6, 6.07) is 0. The molecule has 0 aliphatic carbocycles. The lowest BCUT2D eigenvalue weighted by Crippen LogP contribution is -2.10.